The molecule has 0 atom stereocenters. The van der Waals surface area contributed by atoms with Gasteiger partial charge < -0.3 is 9.31 Å². The van der Waals surface area contributed by atoms with Gasteiger partial charge >= 0.3 is 7.12 Å². The molecule has 2 nitrogen and oxygen atoms in total. The molecule has 6 aromatic rings. The second-order valence-corrected chi connectivity index (χ2v) is 15.1. The van der Waals surface area contributed by atoms with E-state index in [1.165, 1.54) is 30.3 Å². The Kier molecular flexibility index (Phi) is 3.69. The average molecular weight is 637 g/mol. The zero-order chi connectivity index (χ0) is 50.9. The van der Waals surface area contributed by atoms with Crippen LogP contribution in [0.2, 0.25) is 0 Å². The van der Waals surface area contributed by atoms with Crippen LogP contribution in [0.25, 0.3) is 22.3 Å². The van der Waals surface area contributed by atoms with E-state index in [0.717, 1.165) is 0 Å². The molecule has 0 spiro atoms. The van der Waals surface area contributed by atoms with E-state index in [0.29, 0.717) is 0 Å². The van der Waals surface area contributed by atoms with Crippen LogP contribution >= 0.6 is 0 Å². The predicted octanol–water partition coefficient (Wildman–Crippen LogP) is 6.70. The van der Waals surface area contributed by atoms with E-state index < -0.39 is 203 Å². The fraction of sp³-hybridized carbons (Fsp3) is 0.143. The summed E-state index contributed by atoms with van der Waals surface area (Å²) in [5.74, 6) is 0. The number of hydrogen-bond donors (Lipinski definition) is 0. The minimum atomic E-state index is -5.58. The van der Waals surface area contributed by atoms with Gasteiger partial charge in [-0.2, -0.15) is 0 Å². The monoisotopic (exact) mass is 636 g/mol. The molecule has 6 aromatic carbocycles. The van der Waals surface area contributed by atoms with Gasteiger partial charge in [-0.3, -0.25) is 0 Å². The van der Waals surface area contributed by atoms with Crippen LogP contribution in [-0.4, -0.2) is 26.4 Å². The molecule has 4 heteroatoms. The lowest BCUT2D eigenvalue weighted by atomic mass is 9.79. The van der Waals surface area contributed by atoms with Crippen molar-refractivity contribution < 1.29 is 39.5 Å². The van der Waals surface area contributed by atoms with Gasteiger partial charge in [0, 0.05) is 0 Å². The van der Waals surface area contributed by atoms with Crippen molar-refractivity contribution in [2.24, 2.45) is 0 Å². The molecule has 0 unspecified atom stereocenters. The third-order valence-corrected chi connectivity index (χ3v) is 12.4. The summed E-state index contributed by atoms with van der Waals surface area (Å²) in [4.78, 5) is 0. The lowest BCUT2D eigenvalue weighted by molar-refractivity contribution is 0.00578. The number of rotatable bonds is 7. The first-order chi connectivity index (χ1) is 31.4. The third-order valence-electron chi connectivity index (χ3n) is 8.22. The number of benzene rings is 6. The second kappa shape index (κ2) is 12.0. The maximum absolute atomic E-state index is 10.1. The Balaban J connectivity index is 1.80. The topological polar surface area (TPSA) is 18.5 Å². The Bertz CT molecular complexity index is 2910. The maximum atomic E-state index is 10.1. The largest absolute Gasteiger partial charge is 0.494 e. The SMILES string of the molecule is [2H]c1c([2H])c([2H])c(-c2c([2H])c([2H])c([Si](c3ccccc3)(c3c([2H])c([2H])c(-c4c([2H])c([2H])c([2H])c([2H])c4[2H])c([2H])c3[2H])c3c([2H])c([2H])c([2H])c(B4OC(C)(C)C(C)(C)O4)c3[2H])c([2H])c2[2H])c([2H])c1[2H]. The zero-order valence-corrected chi connectivity index (χ0v) is 26.3. The van der Waals surface area contributed by atoms with Gasteiger partial charge in [0.25, 0.3) is 0 Å². The Morgan fingerprint density at radius 1 is 0.478 bits per heavy atom. The lowest BCUT2D eigenvalue weighted by Crippen LogP contribution is -2.75. The van der Waals surface area contributed by atoms with Crippen molar-refractivity contribution in [3.63, 3.8) is 0 Å². The van der Waals surface area contributed by atoms with Crippen LogP contribution in [0.1, 0.15) is 57.9 Å². The van der Waals surface area contributed by atoms with Crippen LogP contribution in [0, 0.1) is 0 Å². The summed E-state index contributed by atoms with van der Waals surface area (Å²) in [5.41, 5.74) is -5.61. The fourth-order valence-electron chi connectivity index (χ4n) is 5.12. The normalized spacial score (nSPS) is 22.2. The molecule has 0 N–H and O–H groups in total. The van der Waals surface area contributed by atoms with Gasteiger partial charge in [0.1, 0.15) is 0 Å². The molecule has 0 radical (unpaired) electrons. The Hall–Kier alpha value is -4.48. The molecule has 0 saturated carbocycles. The molecule has 1 saturated heterocycles. The third kappa shape index (κ3) is 5.37. The van der Waals surface area contributed by atoms with Crippen molar-refractivity contribution in [3.05, 3.63) is 163 Å². The summed E-state index contributed by atoms with van der Waals surface area (Å²) in [5, 5.41) is -2.20. The molecule has 46 heavy (non-hydrogen) atoms. The van der Waals surface area contributed by atoms with Gasteiger partial charge in [-0.25, -0.2) is 0 Å². The Morgan fingerprint density at radius 2 is 0.935 bits per heavy atom. The molecule has 0 aromatic heterocycles. The van der Waals surface area contributed by atoms with Gasteiger partial charge in [-0.15, -0.1) is 0 Å². The fourth-order valence-corrected chi connectivity index (χ4v) is 9.00. The van der Waals surface area contributed by atoms with Crippen molar-refractivity contribution >= 4 is 41.4 Å². The Morgan fingerprint density at radius 3 is 1.41 bits per heavy atom. The van der Waals surface area contributed by atoms with E-state index in [4.69, 9.17) is 24.4 Å². The standard InChI is InChI=1S/C42H39BO2Si/c1-41(2)42(3,4)45-43(44-41)36-19-14-22-40(31-36)46(37-20-12-7-13-21-37,38-27-23-34(24-28-38)32-15-8-5-9-16-32)39-29-25-35(26-30-39)33-17-10-6-11-18-33/h5-31H,1-4H3/i5D,6D,8D,9D,10D,11D,14D,15D,16D,17D,18D,19D,22D,23D,24D,25D,26D,27D,28D,29D,30D,31D. The lowest BCUT2D eigenvalue weighted by Gasteiger charge is -2.35. The highest BCUT2D eigenvalue weighted by molar-refractivity contribution is 7.20. The van der Waals surface area contributed by atoms with Gasteiger partial charge in [0.2, 0.25) is 0 Å². The molecule has 0 bridgehead atoms. The van der Waals surface area contributed by atoms with Gasteiger partial charge in [-0.05, 0) is 76.2 Å². The highest BCUT2D eigenvalue weighted by Gasteiger charge is 2.52. The molecule has 226 valence electrons. The van der Waals surface area contributed by atoms with Crippen molar-refractivity contribution in [2.45, 2.75) is 38.9 Å². The van der Waals surface area contributed by atoms with Crippen molar-refractivity contribution in [2.75, 3.05) is 0 Å². The van der Waals surface area contributed by atoms with Crippen LogP contribution in [0.5, 0.6) is 0 Å². The molecule has 7 rings (SSSR count). The minimum Gasteiger partial charge on any atom is -0.399 e. The first-order valence-electron chi connectivity index (χ1n) is 25.3. The van der Waals surface area contributed by atoms with E-state index in [9.17, 15) is 15.1 Å². The number of hydrogen-bond acceptors (Lipinski definition) is 2. The molecule has 1 aliphatic rings. The quantitative estimate of drug-likeness (QED) is 0.144. The van der Waals surface area contributed by atoms with Gasteiger partial charge in [0.05, 0.1) is 41.4 Å². The smallest absolute Gasteiger partial charge is 0.399 e. The molecule has 1 aliphatic heterocycles. The molecular formula is C42H39BO2Si. The summed E-state index contributed by atoms with van der Waals surface area (Å²) in [6.45, 7) is 6.70. The molecular weight excluding hydrogens is 575 g/mol. The first kappa shape index (κ1) is 14.1. The van der Waals surface area contributed by atoms with E-state index in [1.807, 2.05) is 0 Å². The van der Waals surface area contributed by atoms with Crippen LogP contribution in [0.4, 0.5) is 0 Å². The van der Waals surface area contributed by atoms with Crippen LogP contribution < -0.4 is 26.2 Å². The molecule has 0 amide bonds. The summed E-state index contributed by atoms with van der Waals surface area (Å²) >= 11 is 0. The second-order valence-electron chi connectivity index (χ2n) is 11.5. The van der Waals surface area contributed by atoms with E-state index in [-0.39, 0.29) is 5.19 Å². The van der Waals surface area contributed by atoms with Crippen LogP contribution in [-0.2, 0) is 9.31 Å². The minimum absolute atomic E-state index is 0.105. The van der Waals surface area contributed by atoms with Crippen LogP contribution in [0.15, 0.2) is 163 Å². The summed E-state index contributed by atoms with van der Waals surface area (Å²) in [7, 11) is -7.18. The summed E-state index contributed by atoms with van der Waals surface area (Å²) in [6, 6.07) is -12.8. The highest BCUT2D eigenvalue weighted by Crippen LogP contribution is 2.36. The predicted molar refractivity (Wildman–Crippen MR) is 197 cm³/mol. The zero-order valence-electron chi connectivity index (χ0n) is 47.3. The van der Waals surface area contributed by atoms with E-state index in [2.05, 4.69) is 0 Å². The Labute approximate surface area is 305 Å². The van der Waals surface area contributed by atoms with Crippen molar-refractivity contribution in [3.8, 4) is 22.3 Å². The molecule has 1 fully saturated rings. The van der Waals surface area contributed by atoms with Gasteiger partial charge in [0.15, 0.2) is 8.07 Å². The van der Waals surface area contributed by atoms with Gasteiger partial charge in [-0.1, -0.05) is 163 Å². The summed E-state index contributed by atoms with van der Waals surface area (Å²) in [6.07, 6.45) is 0. The van der Waals surface area contributed by atoms with Crippen molar-refractivity contribution in [1.82, 2.24) is 0 Å². The molecule has 0 aliphatic carbocycles. The van der Waals surface area contributed by atoms with Crippen molar-refractivity contribution in [1.29, 1.82) is 0 Å². The average Bonchev–Trinajstić information content (AvgIpc) is 3.51. The maximum Gasteiger partial charge on any atom is 0.494 e. The molecule has 1 heterocycles. The highest BCUT2D eigenvalue weighted by atomic mass is 28.3. The van der Waals surface area contributed by atoms with E-state index >= 15 is 0 Å². The first-order valence-corrected chi connectivity index (χ1v) is 16.3. The summed E-state index contributed by atoms with van der Waals surface area (Å²) < 4.78 is 212. The van der Waals surface area contributed by atoms with Crippen LogP contribution in [0.3, 0.4) is 0 Å². The van der Waals surface area contributed by atoms with E-state index in [1.54, 1.807) is 27.7 Å².